The van der Waals surface area contributed by atoms with Crippen LogP contribution in [0.5, 0.6) is 0 Å². The van der Waals surface area contributed by atoms with Gasteiger partial charge in [0.05, 0.1) is 13.1 Å². The van der Waals surface area contributed by atoms with Crippen molar-refractivity contribution >= 4 is 0 Å². The summed E-state index contributed by atoms with van der Waals surface area (Å²) in [7, 11) is 0. The largest absolute Gasteiger partial charge is 0.256 e. The Morgan fingerprint density at radius 2 is 0.861 bits per heavy atom. The second kappa shape index (κ2) is 25.8. The highest BCUT2D eigenvalue weighted by atomic mass is 15.1. The average molecular weight is 504 g/mol. The predicted molar refractivity (Wildman–Crippen MR) is 161 cm³/mol. The Hall–Kier alpha value is -0.790. The maximum Gasteiger partial charge on any atom is 0.256 e. The topological polar surface area (TPSA) is 8.81 Å². The maximum absolute atomic E-state index is 2.59. The number of imidazole rings is 1. The molecule has 1 rings (SSSR count). The summed E-state index contributed by atoms with van der Waals surface area (Å²) >= 11 is 0. The van der Waals surface area contributed by atoms with E-state index < -0.39 is 0 Å². The van der Waals surface area contributed by atoms with Gasteiger partial charge in [-0.1, -0.05) is 149 Å². The van der Waals surface area contributed by atoms with Gasteiger partial charge >= 0.3 is 0 Å². The fourth-order valence-corrected chi connectivity index (χ4v) is 5.62. The molecule has 1 aromatic heterocycles. The van der Waals surface area contributed by atoms with Gasteiger partial charge in [0.15, 0.2) is 0 Å². The van der Waals surface area contributed by atoms with Crippen molar-refractivity contribution in [3.8, 4) is 0 Å². The molecule has 0 bridgehead atoms. The third-order valence-electron chi connectivity index (χ3n) is 8.10. The van der Waals surface area contributed by atoms with Crippen LogP contribution in [0.25, 0.3) is 0 Å². The number of aryl methyl sites for hydroxylation is 2. The standard InChI is InChI=1S/C34H67N2/c1-4-7-10-12-13-14-15-16-17-18-19-20-21-22-23-25-28-31-36-33-32-35(30-27-9-6-3)34(36)29-26-24-11-8-5-2/h32-33H,4-31H2,1-3H3/q+1. The lowest BCUT2D eigenvalue weighted by Crippen LogP contribution is -2.37. The van der Waals surface area contributed by atoms with Crippen molar-refractivity contribution in [2.45, 2.75) is 201 Å². The van der Waals surface area contributed by atoms with Gasteiger partial charge in [-0.15, -0.1) is 0 Å². The van der Waals surface area contributed by atoms with Gasteiger partial charge in [-0.05, 0) is 32.1 Å². The minimum atomic E-state index is 1.21. The molecule has 0 N–H and O–H groups in total. The van der Waals surface area contributed by atoms with Gasteiger partial charge in [-0.3, -0.25) is 0 Å². The first-order valence-electron chi connectivity index (χ1n) is 16.9. The zero-order valence-electron chi connectivity index (χ0n) is 25.3. The molecule has 0 saturated carbocycles. The molecule has 0 atom stereocenters. The molecule has 1 aromatic rings. The number of hydrogen-bond acceptors (Lipinski definition) is 0. The van der Waals surface area contributed by atoms with E-state index in [-0.39, 0.29) is 0 Å². The molecule has 0 aliphatic heterocycles. The van der Waals surface area contributed by atoms with E-state index >= 15 is 0 Å². The first kappa shape index (κ1) is 33.2. The van der Waals surface area contributed by atoms with Crippen molar-refractivity contribution in [1.82, 2.24) is 4.57 Å². The van der Waals surface area contributed by atoms with E-state index in [0.29, 0.717) is 0 Å². The van der Waals surface area contributed by atoms with Crippen LogP contribution in [-0.2, 0) is 19.5 Å². The Labute approximate surface area is 228 Å². The number of nitrogens with zero attached hydrogens (tertiary/aromatic N) is 2. The Morgan fingerprint density at radius 3 is 1.33 bits per heavy atom. The second-order valence-electron chi connectivity index (χ2n) is 11.6. The molecule has 0 unspecified atom stereocenters. The van der Waals surface area contributed by atoms with Crippen LogP contribution in [-0.4, -0.2) is 4.57 Å². The van der Waals surface area contributed by atoms with E-state index in [1.165, 1.54) is 180 Å². The van der Waals surface area contributed by atoms with Crippen molar-refractivity contribution < 1.29 is 4.57 Å². The summed E-state index contributed by atoms with van der Waals surface area (Å²) in [6.45, 7) is 9.36. The van der Waals surface area contributed by atoms with Crippen LogP contribution < -0.4 is 4.57 Å². The first-order chi connectivity index (χ1) is 17.8. The molecule has 2 nitrogen and oxygen atoms in total. The smallest absolute Gasteiger partial charge is 0.234 e. The van der Waals surface area contributed by atoms with Crippen LogP contribution >= 0.6 is 0 Å². The molecule has 0 radical (unpaired) electrons. The molecule has 0 fully saturated rings. The van der Waals surface area contributed by atoms with E-state index in [1.54, 1.807) is 5.82 Å². The van der Waals surface area contributed by atoms with Crippen molar-refractivity contribution in [1.29, 1.82) is 0 Å². The zero-order valence-corrected chi connectivity index (χ0v) is 25.3. The summed E-state index contributed by atoms with van der Waals surface area (Å²) in [5.74, 6) is 1.60. The summed E-state index contributed by atoms with van der Waals surface area (Å²) in [4.78, 5) is 0. The molecule has 0 aromatic carbocycles. The third-order valence-corrected chi connectivity index (χ3v) is 8.10. The van der Waals surface area contributed by atoms with Crippen molar-refractivity contribution in [2.24, 2.45) is 0 Å². The Kier molecular flexibility index (Phi) is 23.9. The van der Waals surface area contributed by atoms with Crippen LogP contribution in [0.15, 0.2) is 12.4 Å². The summed E-state index contributed by atoms with van der Waals surface area (Å²) in [6.07, 6.45) is 41.5. The summed E-state index contributed by atoms with van der Waals surface area (Å²) in [5.41, 5.74) is 0. The number of unbranched alkanes of at least 4 members (excludes halogenated alkanes) is 22. The van der Waals surface area contributed by atoms with Gasteiger partial charge in [0.2, 0.25) is 0 Å². The Morgan fingerprint density at radius 1 is 0.472 bits per heavy atom. The summed E-state index contributed by atoms with van der Waals surface area (Å²) in [6, 6.07) is 0. The maximum atomic E-state index is 2.59. The fourth-order valence-electron chi connectivity index (χ4n) is 5.62. The molecule has 2 heteroatoms. The van der Waals surface area contributed by atoms with E-state index in [9.17, 15) is 0 Å². The van der Waals surface area contributed by atoms with E-state index in [4.69, 9.17) is 0 Å². The normalized spacial score (nSPS) is 11.5. The quantitative estimate of drug-likeness (QED) is 0.0794. The Bertz CT molecular complexity index is 562. The predicted octanol–water partition coefficient (Wildman–Crippen LogP) is 11.1. The molecule has 0 aliphatic rings. The molecule has 0 spiro atoms. The molecular formula is C34H67N2+. The van der Waals surface area contributed by atoms with Crippen LogP contribution in [0, 0.1) is 0 Å². The highest BCUT2D eigenvalue weighted by Crippen LogP contribution is 2.15. The molecule has 0 saturated heterocycles. The number of hydrogen-bond donors (Lipinski definition) is 0. The molecule has 1 heterocycles. The van der Waals surface area contributed by atoms with Gasteiger partial charge in [-0.2, -0.15) is 0 Å². The highest BCUT2D eigenvalue weighted by molar-refractivity contribution is 4.84. The van der Waals surface area contributed by atoms with Crippen molar-refractivity contribution in [2.75, 3.05) is 0 Å². The highest BCUT2D eigenvalue weighted by Gasteiger charge is 2.16. The molecule has 0 aliphatic carbocycles. The zero-order chi connectivity index (χ0) is 25.9. The first-order valence-corrected chi connectivity index (χ1v) is 16.9. The van der Waals surface area contributed by atoms with Crippen molar-refractivity contribution in [3.05, 3.63) is 18.2 Å². The van der Waals surface area contributed by atoms with E-state index in [0.717, 1.165) is 0 Å². The van der Waals surface area contributed by atoms with Gasteiger partial charge in [0, 0.05) is 6.42 Å². The minimum Gasteiger partial charge on any atom is -0.234 e. The molecule has 0 amide bonds. The van der Waals surface area contributed by atoms with Crippen LogP contribution in [0.4, 0.5) is 0 Å². The van der Waals surface area contributed by atoms with Crippen LogP contribution in [0.2, 0.25) is 0 Å². The van der Waals surface area contributed by atoms with Gasteiger partial charge < -0.3 is 0 Å². The van der Waals surface area contributed by atoms with Crippen LogP contribution in [0.1, 0.15) is 187 Å². The molecule has 36 heavy (non-hydrogen) atoms. The number of rotatable bonds is 28. The van der Waals surface area contributed by atoms with Crippen molar-refractivity contribution in [3.63, 3.8) is 0 Å². The lowest BCUT2D eigenvalue weighted by Gasteiger charge is -2.06. The summed E-state index contributed by atoms with van der Waals surface area (Å²) < 4.78 is 5.17. The fraction of sp³-hybridized carbons (Fsp3) is 0.912. The monoisotopic (exact) mass is 504 g/mol. The minimum absolute atomic E-state index is 1.21. The van der Waals surface area contributed by atoms with Gasteiger partial charge in [0.1, 0.15) is 12.4 Å². The van der Waals surface area contributed by atoms with Crippen LogP contribution in [0.3, 0.4) is 0 Å². The lowest BCUT2D eigenvalue weighted by atomic mass is 10.0. The molecular weight excluding hydrogens is 436 g/mol. The summed E-state index contributed by atoms with van der Waals surface area (Å²) in [5, 5.41) is 0. The van der Waals surface area contributed by atoms with E-state index in [1.807, 2.05) is 0 Å². The van der Waals surface area contributed by atoms with Gasteiger partial charge in [0.25, 0.3) is 5.82 Å². The Balaban J connectivity index is 2.07. The third kappa shape index (κ3) is 18.5. The van der Waals surface area contributed by atoms with Gasteiger partial charge in [-0.25, -0.2) is 9.13 Å². The molecule has 212 valence electrons. The average Bonchev–Trinajstić information content (AvgIpc) is 3.27. The second-order valence-corrected chi connectivity index (χ2v) is 11.6. The lowest BCUT2D eigenvalue weighted by molar-refractivity contribution is -0.704. The number of aromatic nitrogens is 2. The SMILES string of the molecule is CCCCCCCCCCCCCCCCCCCn1cc[n+](CCCCC)c1CCCCCCC. The van der Waals surface area contributed by atoms with E-state index in [2.05, 4.69) is 42.3 Å².